The van der Waals surface area contributed by atoms with Crippen LogP contribution in [0.3, 0.4) is 0 Å². The van der Waals surface area contributed by atoms with Crippen molar-refractivity contribution in [3.63, 3.8) is 0 Å². The Morgan fingerprint density at radius 2 is 2.00 bits per heavy atom. The Morgan fingerprint density at radius 1 is 1.23 bits per heavy atom. The highest BCUT2D eigenvalue weighted by atomic mass is 16.5. The molecule has 0 unspecified atom stereocenters. The van der Waals surface area contributed by atoms with Crippen LogP contribution in [0.4, 0.5) is 0 Å². The molecule has 1 aromatic carbocycles. The number of ether oxygens (including phenoxy) is 1. The predicted octanol–water partition coefficient (Wildman–Crippen LogP) is 0.932. The number of carbonyl (C=O) groups is 1. The van der Waals surface area contributed by atoms with E-state index in [9.17, 15) is 4.79 Å². The summed E-state index contributed by atoms with van der Waals surface area (Å²) in [6, 6.07) is 11.1. The van der Waals surface area contributed by atoms with Gasteiger partial charge in [0.15, 0.2) is 5.65 Å². The maximum Gasteiger partial charge on any atom is 0.266 e. The van der Waals surface area contributed by atoms with Crippen LogP contribution >= 0.6 is 0 Å². The molecule has 2 heterocycles. The fourth-order valence-electron chi connectivity index (χ4n) is 2.20. The summed E-state index contributed by atoms with van der Waals surface area (Å²) in [5.74, 6) is 6.35. The van der Waals surface area contributed by atoms with Crippen LogP contribution in [0.25, 0.3) is 5.65 Å². The fourth-order valence-corrected chi connectivity index (χ4v) is 2.20. The second-order valence-corrected chi connectivity index (χ2v) is 4.76. The van der Waals surface area contributed by atoms with E-state index in [1.54, 1.807) is 29.8 Å². The van der Waals surface area contributed by atoms with Gasteiger partial charge in [0.05, 0.1) is 12.7 Å². The highest BCUT2D eigenvalue weighted by Gasteiger charge is 2.10. The Kier molecular flexibility index (Phi) is 3.71. The lowest BCUT2D eigenvalue weighted by molar-refractivity contribution is 0.0953. The van der Waals surface area contributed by atoms with E-state index in [-0.39, 0.29) is 5.91 Å². The zero-order chi connectivity index (χ0) is 15.5. The van der Waals surface area contributed by atoms with Gasteiger partial charge >= 0.3 is 0 Å². The third kappa shape index (κ3) is 2.61. The number of benzene rings is 1. The first-order chi connectivity index (χ1) is 10.7. The summed E-state index contributed by atoms with van der Waals surface area (Å²) in [7, 11) is 1.63. The third-order valence-electron chi connectivity index (χ3n) is 3.39. The Morgan fingerprint density at radius 3 is 2.68 bits per heavy atom. The van der Waals surface area contributed by atoms with Crippen molar-refractivity contribution >= 4 is 11.6 Å². The van der Waals surface area contributed by atoms with Crippen LogP contribution in [0.15, 0.2) is 42.6 Å². The van der Waals surface area contributed by atoms with Crippen molar-refractivity contribution < 1.29 is 9.53 Å². The molecule has 3 N–H and O–H groups in total. The van der Waals surface area contributed by atoms with Crippen LogP contribution in [0.5, 0.6) is 5.75 Å². The van der Waals surface area contributed by atoms with Crippen LogP contribution in [-0.2, 0) is 6.42 Å². The van der Waals surface area contributed by atoms with E-state index in [0.717, 1.165) is 17.1 Å². The van der Waals surface area contributed by atoms with Crippen molar-refractivity contribution in [2.24, 2.45) is 5.84 Å². The number of methoxy groups -OCH3 is 1. The highest BCUT2D eigenvalue weighted by molar-refractivity contribution is 5.93. The summed E-state index contributed by atoms with van der Waals surface area (Å²) < 4.78 is 6.93. The maximum absolute atomic E-state index is 11.6. The molecule has 22 heavy (non-hydrogen) atoms. The number of nitrogens with one attached hydrogen (secondary N) is 1. The lowest BCUT2D eigenvalue weighted by Gasteiger charge is -2.04. The van der Waals surface area contributed by atoms with Gasteiger partial charge in [-0.3, -0.25) is 14.6 Å². The average molecular weight is 297 g/mol. The van der Waals surface area contributed by atoms with E-state index in [4.69, 9.17) is 10.6 Å². The topological polar surface area (TPSA) is 94.5 Å². The molecule has 7 heteroatoms. The molecule has 0 atom stereocenters. The molecule has 0 aliphatic rings. The van der Waals surface area contributed by atoms with Gasteiger partial charge in [0.2, 0.25) is 0 Å². The number of hydrazine groups is 1. The van der Waals surface area contributed by atoms with E-state index >= 15 is 0 Å². The number of aromatic nitrogens is 3. The molecule has 0 aliphatic carbocycles. The second-order valence-electron chi connectivity index (χ2n) is 4.76. The molecule has 7 nitrogen and oxygen atoms in total. The van der Waals surface area contributed by atoms with E-state index < -0.39 is 0 Å². The quantitative estimate of drug-likeness (QED) is 0.424. The minimum absolute atomic E-state index is 0.356. The summed E-state index contributed by atoms with van der Waals surface area (Å²) in [5.41, 5.74) is 4.31. The Balaban J connectivity index is 1.94. The molecule has 0 bridgehead atoms. The van der Waals surface area contributed by atoms with Crippen LogP contribution in [0, 0.1) is 0 Å². The first-order valence-corrected chi connectivity index (χ1v) is 6.69. The molecule has 0 radical (unpaired) electrons. The van der Waals surface area contributed by atoms with Gasteiger partial charge in [-0.05, 0) is 29.8 Å². The van der Waals surface area contributed by atoms with Gasteiger partial charge in [-0.2, -0.15) is 0 Å². The molecular weight excluding hydrogens is 282 g/mol. The zero-order valence-corrected chi connectivity index (χ0v) is 12.0. The number of nitrogens with zero attached hydrogens (tertiary/aromatic N) is 3. The van der Waals surface area contributed by atoms with Gasteiger partial charge in [0.1, 0.15) is 11.6 Å². The number of hydrogen-bond acceptors (Lipinski definition) is 5. The van der Waals surface area contributed by atoms with Crippen molar-refractivity contribution in [2.75, 3.05) is 7.11 Å². The molecule has 3 aromatic rings. The van der Waals surface area contributed by atoms with Crippen molar-refractivity contribution in [1.82, 2.24) is 20.0 Å². The van der Waals surface area contributed by atoms with Gasteiger partial charge < -0.3 is 4.74 Å². The first kappa shape index (κ1) is 14.0. The number of hydrogen-bond donors (Lipinski definition) is 2. The Labute approximate surface area is 126 Å². The minimum Gasteiger partial charge on any atom is -0.497 e. The molecule has 0 saturated heterocycles. The summed E-state index contributed by atoms with van der Waals surface area (Å²) in [4.78, 5) is 11.6. The number of nitrogen functional groups attached to an aromatic ring is 1. The maximum atomic E-state index is 11.6. The molecule has 0 spiro atoms. The molecule has 1 amide bonds. The lowest BCUT2D eigenvalue weighted by atomic mass is 10.1. The molecule has 112 valence electrons. The largest absolute Gasteiger partial charge is 0.497 e. The number of nitrogens with two attached hydrogens (primary N) is 1. The number of fused-ring (bicyclic) bond motifs is 1. The summed E-state index contributed by atoms with van der Waals surface area (Å²) in [6.07, 6.45) is 2.27. The minimum atomic E-state index is -0.356. The van der Waals surface area contributed by atoms with Crippen LogP contribution in [0.1, 0.15) is 21.7 Å². The number of carbonyl (C=O) groups excluding carboxylic acids is 1. The van der Waals surface area contributed by atoms with E-state index in [2.05, 4.69) is 15.6 Å². The zero-order valence-electron chi connectivity index (χ0n) is 12.0. The van der Waals surface area contributed by atoms with Crippen molar-refractivity contribution in [3.8, 4) is 5.75 Å². The van der Waals surface area contributed by atoms with Crippen molar-refractivity contribution in [1.29, 1.82) is 0 Å². The summed E-state index contributed by atoms with van der Waals surface area (Å²) >= 11 is 0. The number of rotatable bonds is 4. The number of amides is 1. The van der Waals surface area contributed by atoms with Gasteiger partial charge in [-0.1, -0.05) is 12.1 Å². The van der Waals surface area contributed by atoms with E-state index in [1.165, 1.54) is 0 Å². The Hall–Kier alpha value is -2.93. The summed E-state index contributed by atoms with van der Waals surface area (Å²) in [5, 5.41) is 8.28. The van der Waals surface area contributed by atoms with Crippen molar-refractivity contribution in [2.45, 2.75) is 6.42 Å². The second kappa shape index (κ2) is 5.82. The monoisotopic (exact) mass is 297 g/mol. The molecule has 0 aliphatic heterocycles. The van der Waals surface area contributed by atoms with E-state index in [1.807, 2.05) is 24.3 Å². The van der Waals surface area contributed by atoms with Crippen molar-refractivity contribution in [3.05, 3.63) is 59.5 Å². The molecular formula is C15H15N5O2. The standard InChI is InChI=1S/C15H15N5O2/c1-22-12-5-2-10(3-6-12)8-14-19-18-13-7-4-11(9-20(13)14)15(21)17-16/h2-7,9H,8,16H2,1H3,(H,17,21). The van der Waals surface area contributed by atoms with Gasteiger partial charge in [-0.15, -0.1) is 10.2 Å². The predicted molar refractivity (Wildman–Crippen MR) is 80.4 cm³/mol. The normalized spacial score (nSPS) is 10.6. The molecule has 0 fully saturated rings. The average Bonchev–Trinajstić information content (AvgIpc) is 2.97. The van der Waals surface area contributed by atoms with Gasteiger partial charge in [0.25, 0.3) is 5.91 Å². The Bertz CT molecular complexity index is 810. The van der Waals surface area contributed by atoms with Crippen LogP contribution < -0.4 is 16.0 Å². The number of pyridine rings is 1. The summed E-state index contributed by atoms with van der Waals surface area (Å²) in [6.45, 7) is 0. The van der Waals surface area contributed by atoms with Gasteiger partial charge in [-0.25, -0.2) is 5.84 Å². The van der Waals surface area contributed by atoms with E-state index in [0.29, 0.717) is 17.6 Å². The lowest BCUT2D eigenvalue weighted by Crippen LogP contribution is -2.30. The first-order valence-electron chi connectivity index (χ1n) is 6.69. The molecule has 0 saturated carbocycles. The highest BCUT2D eigenvalue weighted by Crippen LogP contribution is 2.15. The molecule has 2 aromatic heterocycles. The third-order valence-corrected chi connectivity index (χ3v) is 3.39. The smallest absolute Gasteiger partial charge is 0.266 e. The van der Waals surface area contributed by atoms with Crippen LogP contribution in [-0.4, -0.2) is 27.6 Å². The SMILES string of the molecule is COc1ccc(Cc2nnc3ccc(C(=O)NN)cn23)cc1. The van der Waals surface area contributed by atoms with Gasteiger partial charge in [0, 0.05) is 12.6 Å². The van der Waals surface area contributed by atoms with Crippen LogP contribution in [0.2, 0.25) is 0 Å². The fraction of sp³-hybridized carbons (Fsp3) is 0.133. The molecule has 3 rings (SSSR count).